The van der Waals surface area contributed by atoms with Crippen LogP contribution in [-0.2, 0) is 0 Å². The zero-order valence-corrected chi connectivity index (χ0v) is 8.89. The number of phenols is 1. The van der Waals surface area contributed by atoms with Crippen molar-refractivity contribution in [3.63, 3.8) is 0 Å². The van der Waals surface area contributed by atoms with Crippen LogP contribution in [0.15, 0.2) is 48.7 Å². The van der Waals surface area contributed by atoms with Crippen molar-refractivity contribution < 1.29 is 9.50 Å². The highest BCUT2D eigenvalue weighted by Gasteiger charge is 2.05. The van der Waals surface area contributed by atoms with Crippen LogP contribution in [0.3, 0.4) is 0 Å². The van der Waals surface area contributed by atoms with E-state index in [1.807, 2.05) is 35.0 Å². The number of aromatic nitrogens is 1. The Kier molecular flexibility index (Phi) is 2.11. The van der Waals surface area contributed by atoms with Crippen molar-refractivity contribution >= 4 is 10.9 Å². The van der Waals surface area contributed by atoms with Crippen LogP contribution in [0.5, 0.6) is 5.75 Å². The number of aromatic hydroxyl groups is 1. The molecule has 3 rings (SSSR count). The quantitative estimate of drug-likeness (QED) is 0.676. The molecule has 0 aliphatic carbocycles. The summed E-state index contributed by atoms with van der Waals surface area (Å²) >= 11 is 0. The SMILES string of the molecule is Oc1ccc(-n2ccc3c[c]ccc32)cc1F. The molecule has 1 N–H and O–H groups in total. The average molecular weight is 226 g/mol. The molecule has 0 fully saturated rings. The Morgan fingerprint density at radius 1 is 1.18 bits per heavy atom. The van der Waals surface area contributed by atoms with E-state index in [9.17, 15) is 4.39 Å². The summed E-state index contributed by atoms with van der Waals surface area (Å²) in [5, 5.41) is 10.2. The fraction of sp³-hybridized carbons (Fsp3) is 0. The van der Waals surface area contributed by atoms with Crippen molar-refractivity contribution in [2.45, 2.75) is 0 Å². The monoisotopic (exact) mass is 226 g/mol. The third-order valence-corrected chi connectivity index (χ3v) is 2.74. The second-order valence-electron chi connectivity index (χ2n) is 3.81. The normalized spacial score (nSPS) is 10.9. The lowest BCUT2D eigenvalue weighted by Crippen LogP contribution is -1.92. The highest BCUT2D eigenvalue weighted by Crippen LogP contribution is 2.23. The lowest BCUT2D eigenvalue weighted by Gasteiger charge is -2.06. The topological polar surface area (TPSA) is 25.2 Å². The van der Waals surface area contributed by atoms with Gasteiger partial charge in [0.1, 0.15) is 0 Å². The molecule has 17 heavy (non-hydrogen) atoms. The molecule has 3 aromatic rings. The van der Waals surface area contributed by atoms with Crippen molar-refractivity contribution in [2.75, 3.05) is 0 Å². The van der Waals surface area contributed by atoms with Crippen LogP contribution in [-0.4, -0.2) is 9.67 Å². The first-order chi connectivity index (χ1) is 8.25. The second kappa shape index (κ2) is 3.63. The van der Waals surface area contributed by atoms with Gasteiger partial charge in [0, 0.05) is 23.3 Å². The Labute approximate surface area is 97.5 Å². The van der Waals surface area contributed by atoms with E-state index < -0.39 is 5.82 Å². The fourth-order valence-electron chi connectivity index (χ4n) is 1.89. The van der Waals surface area contributed by atoms with Gasteiger partial charge in [-0.2, -0.15) is 0 Å². The van der Waals surface area contributed by atoms with E-state index >= 15 is 0 Å². The first kappa shape index (κ1) is 9.90. The standard InChI is InChI=1S/C14H9FNO/c15-12-9-11(5-6-14(12)17)16-8-7-10-3-1-2-4-13(10)16/h2-9,17H. The van der Waals surface area contributed by atoms with E-state index in [0.717, 1.165) is 10.9 Å². The third-order valence-electron chi connectivity index (χ3n) is 2.74. The maximum atomic E-state index is 13.3. The summed E-state index contributed by atoms with van der Waals surface area (Å²) in [5.74, 6) is -0.953. The van der Waals surface area contributed by atoms with Crippen molar-refractivity contribution in [1.82, 2.24) is 4.57 Å². The number of halogens is 1. The van der Waals surface area contributed by atoms with Gasteiger partial charge >= 0.3 is 0 Å². The molecular weight excluding hydrogens is 217 g/mol. The summed E-state index contributed by atoms with van der Waals surface area (Å²) in [5.41, 5.74) is 1.66. The van der Waals surface area contributed by atoms with Gasteiger partial charge in [0.15, 0.2) is 11.6 Å². The molecule has 1 heterocycles. The fourth-order valence-corrected chi connectivity index (χ4v) is 1.89. The molecule has 0 atom stereocenters. The van der Waals surface area contributed by atoms with Gasteiger partial charge in [-0.05, 0) is 36.4 Å². The Hall–Kier alpha value is -2.29. The number of phenolic OH excluding ortho intramolecular Hbond substituents is 1. The minimum absolute atomic E-state index is 0.335. The smallest absolute Gasteiger partial charge is 0.166 e. The predicted octanol–water partition coefficient (Wildman–Crippen LogP) is 3.28. The van der Waals surface area contributed by atoms with Gasteiger partial charge in [-0.1, -0.05) is 6.07 Å². The van der Waals surface area contributed by atoms with E-state index in [0.29, 0.717) is 5.69 Å². The summed E-state index contributed by atoms with van der Waals surface area (Å²) in [7, 11) is 0. The molecule has 3 heteroatoms. The molecule has 0 bridgehead atoms. The number of hydrogen-bond acceptors (Lipinski definition) is 1. The molecule has 0 spiro atoms. The van der Waals surface area contributed by atoms with E-state index in [1.54, 1.807) is 6.07 Å². The Balaban J connectivity index is 2.24. The Bertz CT molecular complexity index is 688. The molecule has 0 aliphatic heterocycles. The molecule has 0 saturated heterocycles. The molecule has 0 saturated carbocycles. The number of benzene rings is 2. The van der Waals surface area contributed by atoms with Crippen LogP contribution in [0, 0.1) is 11.9 Å². The van der Waals surface area contributed by atoms with E-state index in [4.69, 9.17) is 5.11 Å². The lowest BCUT2D eigenvalue weighted by molar-refractivity contribution is 0.432. The molecule has 83 valence electrons. The average Bonchev–Trinajstić information content (AvgIpc) is 2.76. The summed E-state index contributed by atoms with van der Waals surface area (Å²) in [6.45, 7) is 0. The van der Waals surface area contributed by atoms with Gasteiger partial charge < -0.3 is 9.67 Å². The zero-order chi connectivity index (χ0) is 11.8. The number of hydrogen-bond donors (Lipinski definition) is 1. The number of rotatable bonds is 1. The Morgan fingerprint density at radius 2 is 2.06 bits per heavy atom. The number of fused-ring (bicyclic) bond motifs is 1. The van der Waals surface area contributed by atoms with Gasteiger partial charge in [-0.25, -0.2) is 4.39 Å². The second-order valence-corrected chi connectivity index (χ2v) is 3.81. The van der Waals surface area contributed by atoms with E-state index in [2.05, 4.69) is 6.07 Å². The van der Waals surface area contributed by atoms with Crippen LogP contribution >= 0.6 is 0 Å². The van der Waals surface area contributed by atoms with Gasteiger partial charge in [0.25, 0.3) is 0 Å². The summed E-state index contributed by atoms with van der Waals surface area (Å²) in [4.78, 5) is 0. The van der Waals surface area contributed by atoms with Crippen LogP contribution in [0.2, 0.25) is 0 Å². The van der Waals surface area contributed by atoms with Gasteiger partial charge in [-0.15, -0.1) is 0 Å². The van der Waals surface area contributed by atoms with Crippen LogP contribution in [0.25, 0.3) is 16.6 Å². The number of nitrogens with zero attached hydrogens (tertiary/aromatic N) is 1. The van der Waals surface area contributed by atoms with Crippen LogP contribution in [0.1, 0.15) is 0 Å². The van der Waals surface area contributed by atoms with Gasteiger partial charge in [0.05, 0.1) is 5.52 Å². The van der Waals surface area contributed by atoms with Crippen molar-refractivity contribution in [3.05, 3.63) is 60.5 Å². The van der Waals surface area contributed by atoms with E-state index in [1.165, 1.54) is 12.1 Å². The molecule has 2 aromatic carbocycles. The lowest BCUT2D eigenvalue weighted by atomic mass is 10.2. The van der Waals surface area contributed by atoms with Crippen molar-refractivity contribution in [2.24, 2.45) is 0 Å². The maximum Gasteiger partial charge on any atom is 0.166 e. The zero-order valence-electron chi connectivity index (χ0n) is 8.89. The molecule has 0 amide bonds. The van der Waals surface area contributed by atoms with Crippen LogP contribution < -0.4 is 0 Å². The molecule has 0 unspecified atom stereocenters. The summed E-state index contributed by atoms with van der Waals surface area (Å²) in [6.07, 6.45) is 1.87. The highest BCUT2D eigenvalue weighted by molar-refractivity contribution is 5.81. The van der Waals surface area contributed by atoms with Crippen LogP contribution in [0.4, 0.5) is 4.39 Å². The van der Waals surface area contributed by atoms with E-state index in [-0.39, 0.29) is 5.75 Å². The van der Waals surface area contributed by atoms with Crippen molar-refractivity contribution in [3.8, 4) is 11.4 Å². The highest BCUT2D eigenvalue weighted by atomic mass is 19.1. The molecular formula is C14H9FNO. The Morgan fingerprint density at radius 3 is 2.88 bits per heavy atom. The van der Waals surface area contributed by atoms with Crippen molar-refractivity contribution in [1.29, 1.82) is 0 Å². The predicted molar refractivity (Wildman–Crippen MR) is 63.7 cm³/mol. The summed E-state index contributed by atoms with van der Waals surface area (Å²) < 4.78 is 15.2. The van der Waals surface area contributed by atoms with Gasteiger partial charge in [-0.3, -0.25) is 0 Å². The first-order valence-electron chi connectivity index (χ1n) is 5.22. The minimum Gasteiger partial charge on any atom is -0.505 e. The largest absolute Gasteiger partial charge is 0.505 e. The summed E-state index contributed by atoms with van der Waals surface area (Å²) in [6, 6.07) is 14.9. The molecule has 1 radical (unpaired) electrons. The molecule has 0 aliphatic rings. The molecule has 2 nitrogen and oxygen atoms in total. The minimum atomic E-state index is -0.619. The molecule has 1 aromatic heterocycles. The van der Waals surface area contributed by atoms with Gasteiger partial charge in [0.2, 0.25) is 0 Å². The maximum absolute atomic E-state index is 13.3. The third kappa shape index (κ3) is 1.56. The first-order valence-corrected chi connectivity index (χ1v) is 5.22.